The number of hydrogen-bond donors (Lipinski definition) is 1. The number of hydrogen-bond acceptors (Lipinski definition) is 2. The second-order valence-corrected chi connectivity index (χ2v) is 6.07. The molecule has 0 unspecified atom stereocenters. The number of carboxylic acid groups (broad SMARTS) is 1. The summed E-state index contributed by atoms with van der Waals surface area (Å²) in [5.74, 6) is -0.0782. The van der Waals surface area contributed by atoms with Crippen molar-refractivity contribution in [2.24, 2.45) is 5.92 Å². The van der Waals surface area contributed by atoms with Crippen LogP contribution < -0.4 is 0 Å². The summed E-state index contributed by atoms with van der Waals surface area (Å²) < 4.78 is 1.74. The highest BCUT2D eigenvalue weighted by atomic mass is 16.4. The largest absolute Gasteiger partial charge is 0.478 e. The Labute approximate surface area is 125 Å². The molecule has 0 saturated heterocycles. The maximum atomic E-state index is 11.3. The van der Waals surface area contributed by atoms with E-state index in [1.54, 1.807) is 4.68 Å². The van der Waals surface area contributed by atoms with Gasteiger partial charge in [0.05, 0.1) is 17.6 Å². The highest BCUT2D eigenvalue weighted by Gasteiger charge is 2.18. The molecular formula is C17H22N2O2. The van der Waals surface area contributed by atoms with Crippen molar-refractivity contribution in [2.75, 3.05) is 0 Å². The highest BCUT2D eigenvalue weighted by Crippen LogP contribution is 2.21. The second kappa shape index (κ2) is 6.12. The fourth-order valence-electron chi connectivity index (χ4n) is 2.36. The molecule has 0 saturated carbocycles. The topological polar surface area (TPSA) is 55.1 Å². The molecule has 0 aliphatic carbocycles. The SMILES string of the molecule is CC(C)Cc1c(C(=O)O)cnn1-c1ccc(C(C)C)cc1. The Bertz CT molecular complexity index is 625. The van der Waals surface area contributed by atoms with Gasteiger partial charge in [-0.2, -0.15) is 5.10 Å². The molecule has 21 heavy (non-hydrogen) atoms. The Morgan fingerprint density at radius 2 is 1.81 bits per heavy atom. The summed E-state index contributed by atoms with van der Waals surface area (Å²) in [5, 5.41) is 13.6. The van der Waals surface area contributed by atoms with Crippen molar-refractivity contribution < 1.29 is 9.90 Å². The summed E-state index contributed by atoms with van der Waals surface area (Å²) in [4.78, 5) is 11.3. The lowest BCUT2D eigenvalue weighted by Crippen LogP contribution is -2.09. The number of rotatable bonds is 5. The van der Waals surface area contributed by atoms with Crippen LogP contribution in [0.4, 0.5) is 0 Å². The molecule has 1 N–H and O–H groups in total. The third-order valence-corrected chi connectivity index (χ3v) is 3.51. The van der Waals surface area contributed by atoms with Gasteiger partial charge in [-0.3, -0.25) is 0 Å². The lowest BCUT2D eigenvalue weighted by molar-refractivity contribution is 0.0695. The van der Waals surface area contributed by atoms with Crippen molar-refractivity contribution in [2.45, 2.75) is 40.0 Å². The Morgan fingerprint density at radius 3 is 2.29 bits per heavy atom. The normalized spacial score (nSPS) is 11.3. The van der Waals surface area contributed by atoms with Crippen LogP contribution in [0.2, 0.25) is 0 Å². The smallest absolute Gasteiger partial charge is 0.339 e. The van der Waals surface area contributed by atoms with E-state index in [1.807, 2.05) is 12.1 Å². The Morgan fingerprint density at radius 1 is 1.19 bits per heavy atom. The molecule has 2 rings (SSSR count). The second-order valence-electron chi connectivity index (χ2n) is 6.07. The summed E-state index contributed by atoms with van der Waals surface area (Å²) in [6, 6.07) is 8.14. The van der Waals surface area contributed by atoms with Crippen molar-refractivity contribution in [1.29, 1.82) is 0 Å². The van der Waals surface area contributed by atoms with Crippen molar-refractivity contribution in [3.8, 4) is 5.69 Å². The highest BCUT2D eigenvalue weighted by molar-refractivity contribution is 5.88. The lowest BCUT2D eigenvalue weighted by Gasteiger charge is -2.12. The van der Waals surface area contributed by atoms with Crippen LogP contribution in [-0.4, -0.2) is 20.9 Å². The van der Waals surface area contributed by atoms with E-state index in [0.29, 0.717) is 18.3 Å². The fraction of sp³-hybridized carbons (Fsp3) is 0.412. The molecule has 112 valence electrons. The summed E-state index contributed by atoms with van der Waals surface area (Å²) in [7, 11) is 0. The Hall–Kier alpha value is -2.10. The third-order valence-electron chi connectivity index (χ3n) is 3.51. The first-order valence-corrected chi connectivity index (χ1v) is 7.30. The molecule has 0 spiro atoms. The van der Waals surface area contributed by atoms with E-state index in [9.17, 15) is 9.90 Å². The monoisotopic (exact) mass is 286 g/mol. The molecule has 4 nitrogen and oxygen atoms in total. The molecule has 0 atom stereocenters. The standard InChI is InChI=1S/C17H22N2O2/c1-11(2)9-16-15(17(20)21)10-18-19(16)14-7-5-13(6-8-14)12(3)4/h5-8,10-12H,9H2,1-4H3,(H,20,21). The third kappa shape index (κ3) is 3.32. The van der Waals surface area contributed by atoms with Crippen LogP contribution in [-0.2, 0) is 6.42 Å². The van der Waals surface area contributed by atoms with Gasteiger partial charge >= 0.3 is 5.97 Å². The predicted octanol–water partition coefficient (Wildman–Crippen LogP) is 3.89. The van der Waals surface area contributed by atoms with E-state index in [-0.39, 0.29) is 5.56 Å². The van der Waals surface area contributed by atoms with Gasteiger partial charge in [0.15, 0.2) is 0 Å². The molecule has 1 heterocycles. The van der Waals surface area contributed by atoms with Crippen LogP contribution in [0.1, 0.15) is 55.2 Å². The summed E-state index contributed by atoms with van der Waals surface area (Å²) in [6.07, 6.45) is 2.13. The number of carbonyl (C=O) groups is 1. The van der Waals surface area contributed by atoms with Crippen LogP contribution in [0, 0.1) is 5.92 Å². The average molecular weight is 286 g/mol. The van der Waals surface area contributed by atoms with Crippen molar-refractivity contribution in [3.05, 3.63) is 47.3 Å². The summed E-state index contributed by atoms with van der Waals surface area (Å²) >= 11 is 0. The van der Waals surface area contributed by atoms with Gasteiger partial charge in [-0.15, -0.1) is 0 Å². The van der Waals surface area contributed by atoms with Gasteiger partial charge in [0.25, 0.3) is 0 Å². The van der Waals surface area contributed by atoms with Crippen molar-refractivity contribution in [1.82, 2.24) is 9.78 Å². The first kappa shape index (κ1) is 15.3. The predicted molar refractivity (Wildman–Crippen MR) is 83.2 cm³/mol. The molecule has 0 bridgehead atoms. The number of aromatic carboxylic acids is 1. The molecule has 0 aliphatic heterocycles. The van der Waals surface area contributed by atoms with Crippen LogP contribution in [0.25, 0.3) is 5.69 Å². The minimum Gasteiger partial charge on any atom is -0.478 e. The average Bonchev–Trinajstić information content (AvgIpc) is 2.81. The lowest BCUT2D eigenvalue weighted by atomic mass is 10.0. The molecule has 0 radical (unpaired) electrons. The molecule has 4 heteroatoms. The molecule has 0 aliphatic rings. The Balaban J connectivity index is 2.45. The van der Waals surface area contributed by atoms with Crippen molar-refractivity contribution in [3.63, 3.8) is 0 Å². The maximum Gasteiger partial charge on any atom is 0.339 e. The Kier molecular flexibility index (Phi) is 4.46. The van der Waals surface area contributed by atoms with Crippen LogP contribution >= 0.6 is 0 Å². The van der Waals surface area contributed by atoms with Crippen LogP contribution in [0.3, 0.4) is 0 Å². The van der Waals surface area contributed by atoms with Crippen molar-refractivity contribution >= 4 is 5.97 Å². The van der Waals surface area contributed by atoms with E-state index in [4.69, 9.17) is 0 Å². The van der Waals surface area contributed by atoms with Crippen LogP contribution in [0.15, 0.2) is 30.5 Å². The van der Waals surface area contributed by atoms with Gasteiger partial charge in [-0.1, -0.05) is 39.8 Å². The zero-order chi connectivity index (χ0) is 15.6. The molecule has 1 aromatic carbocycles. The first-order chi connectivity index (χ1) is 9.90. The molecule has 2 aromatic rings. The molecule has 1 aromatic heterocycles. The van der Waals surface area contributed by atoms with E-state index >= 15 is 0 Å². The number of nitrogens with zero attached hydrogens (tertiary/aromatic N) is 2. The van der Waals surface area contributed by atoms with E-state index in [0.717, 1.165) is 11.4 Å². The van der Waals surface area contributed by atoms with Gasteiger partial charge in [-0.25, -0.2) is 9.48 Å². The van der Waals surface area contributed by atoms with E-state index in [2.05, 4.69) is 44.9 Å². The van der Waals surface area contributed by atoms with E-state index in [1.165, 1.54) is 11.8 Å². The summed E-state index contributed by atoms with van der Waals surface area (Å²) in [5.41, 5.74) is 3.21. The van der Waals surface area contributed by atoms with Gasteiger partial charge in [0.1, 0.15) is 5.56 Å². The molecule has 0 amide bonds. The summed E-state index contributed by atoms with van der Waals surface area (Å²) in [6.45, 7) is 8.45. The fourth-order valence-corrected chi connectivity index (χ4v) is 2.36. The first-order valence-electron chi connectivity index (χ1n) is 7.30. The van der Waals surface area contributed by atoms with Gasteiger partial charge in [0, 0.05) is 0 Å². The minimum absolute atomic E-state index is 0.289. The molecular weight excluding hydrogens is 264 g/mol. The minimum atomic E-state index is -0.921. The number of benzene rings is 1. The van der Waals surface area contributed by atoms with Gasteiger partial charge < -0.3 is 5.11 Å². The zero-order valence-electron chi connectivity index (χ0n) is 13.0. The number of aromatic nitrogens is 2. The molecule has 0 fully saturated rings. The van der Waals surface area contributed by atoms with E-state index < -0.39 is 5.97 Å². The van der Waals surface area contributed by atoms with Crippen LogP contribution in [0.5, 0.6) is 0 Å². The van der Waals surface area contributed by atoms with Gasteiger partial charge in [-0.05, 0) is 36.0 Å². The zero-order valence-corrected chi connectivity index (χ0v) is 13.0. The quantitative estimate of drug-likeness (QED) is 0.907. The number of carboxylic acids is 1. The van der Waals surface area contributed by atoms with Gasteiger partial charge in [0.2, 0.25) is 0 Å². The maximum absolute atomic E-state index is 11.3.